The molecule has 0 bridgehead atoms. The third kappa shape index (κ3) is 7.71. The molecule has 1 aliphatic rings. The van der Waals surface area contributed by atoms with Crippen molar-refractivity contribution in [2.45, 2.75) is 83.0 Å². The van der Waals surface area contributed by atoms with E-state index in [0.29, 0.717) is 23.8 Å². The Balaban J connectivity index is 1.39. The van der Waals surface area contributed by atoms with E-state index in [1.54, 1.807) is 20.8 Å². The highest BCUT2D eigenvalue weighted by molar-refractivity contribution is 7.92. The van der Waals surface area contributed by atoms with Gasteiger partial charge in [-0.2, -0.15) is 0 Å². The van der Waals surface area contributed by atoms with Gasteiger partial charge in [0.1, 0.15) is 0 Å². The lowest BCUT2D eigenvalue weighted by Crippen LogP contribution is -2.42. The van der Waals surface area contributed by atoms with Gasteiger partial charge in [0.15, 0.2) is 9.84 Å². The molecular formula is C29H42ClNO3S. The molecule has 35 heavy (non-hydrogen) atoms. The van der Waals surface area contributed by atoms with E-state index < -0.39 is 20.2 Å². The van der Waals surface area contributed by atoms with Crippen molar-refractivity contribution in [3.8, 4) is 0 Å². The van der Waals surface area contributed by atoms with Crippen molar-refractivity contribution in [1.29, 1.82) is 0 Å². The molecule has 0 aliphatic carbocycles. The van der Waals surface area contributed by atoms with Crippen molar-refractivity contribution in [1.82, 2.24) is 0 Å². The number of sulfone groups is 1. The average molecular weight is 520 g/mol. The summed E-state index contributed by atoms with van der Waals surface area (Å²) in [7, 11) is -3.02. The molecule has 1 atom stereocenters. The van der Waals surface area contributed by atoms with Crippen molar-refractivity contribution >= 4 is 27.1 Å². The van der Waals surface area contributed by atoms with E-state index in [9.17, 15) is 13.5 Å². The Labute approximate surface area is 217 Å². The average Bonchev–Trinajstić information content (AvgIpc) is 2.81. The van der Waals surface area contributed by atoms with Crippen LogP contribution < -0.4 is 4.90 Å². The summed E-state index contributed by atoms with van der Waals surface area (Å²) >= 11 is 6.00. The van der Waals surface area contributed by atoms with Crippen molar-refractivity contribution in [3.63, 3.8) is 0 Å². The first-order valence-electron chi connectivity index (χ1n) is 12.9. The van der Waals surface area contributed by atoms with Crippen molar-refractivity contribution < 1.29 is 13.5 Å². The van der Waals surface area contributed by atoms with Crippen LogP contribution in [0.25, 0.3) is 0 Å². The minimum Gasteiger partial charge on any atom is -0.385 e. The summed E-state index contributed by atoms with van der Waals surface area (Å²) in [5.41, 5.74) is 2.71. The molecule has 194 valence electrons. The summed E-state index contributed by atoms with van der Waals surface area (Å²) < 4.78 is 23.9. The molecule has 1 saturated heterocycles. The molecule has 4 nitrogen and oxygen atoms in total. The van der Waals surface area contributed by atoms with E-state index in [4.69, 9.17) is 11.6 Å². The highest BCUT2D eigenvalue weighted by Gasteiger charge is 2.34. The number of unbranched alkanes of at least 4 members (excludes halogenated alkanes) is 1. The first-order valence-corrected chi connectivity index (χ1v) is 15.0. The van der Waals surface area contributed by atoms with E-state index in [0.717, 1.165) is 50.8 Å². The number of aryl methyl sites for hydroxylation is 1. The van der Waals surface area contributed by atoms with Crippen LogP contribution >= 0.6 is 11.6 Å². The summed E-state index contributed by atoms with van der Waals surface area (Å²) in [4.78, 5) is 2.35. The van der Waals surface area contributed by atoms with Crippen LogP contribution in [0.5, 0.6) is 0 Å². The van der Waals surface area contributed by atoms with Gasteiger partial charge in [0, 0.05) is 23.8 Å². The third-order valence-electron chi connectivity index (χ3n) is 7.50. The van der Waals surface area contributed by atoms with Crippen LogP contribution in [0.2, 0.25) is 5.02 Å². The quantitative estimate of drug-likeness (QED) is 0.351. The first-order chi connectivity index (χ1) is 16.4. The normalized spacial score (nSPS) is 17.4. The highest BCUT2D eigenvalue weighted by atomic mass is 35.5. The van der Waals surface area contributed by atoms with Gasteiger partial charge < -0.3 is 10.0 Å². The van der Waals surface area contributed by atoms with Gasteiger partial charge in [0.2, 0.25) is 0 Å². The van der Waals surface area contributed by atoms with E-state index in [1.165, 1.54) is 11.3 Å². The Kier molecular flexibility index (Phi) is 9.33. The number of halogens is 1. The Hall–Kier alpha value is -1.56. The Bertz CT molecular complexity index is 1030. The second kappa shape index (κ2) is 11.7. The molecule has 2 aromatic carbocycles. The minimum absolute atomic E-state index is 0.284. The summed E-state index contributed by atoms with van der Waals surface area (Å²) in [6.45, 7) is 9.16. The predicted molar refractivity (Wildman–Crippen MR) is 148 cm³/mol. The fourth-order valence-corrected chi connectivity index (χ4v) is 6.14. The number of anilines is 1. The summed E-state index contributed by atoms with van der Waals surface area (Å²) in [5.74, 6) is 0.715. The maximum absolute atomic E-state index is 12.3. The Morgan fingerprint density at radius 1 is 0.971 bits per heavy atom. The zero-order valence-corrected chi connectivity index (χ0v) is 23.3. The van der Waals surface area contributed by atoms with Gasteiger partial charge in [0.25, 0.3) is 0 Å². The maximum atomic E-state index is 12.3. The molecule has 1 fully saturated rings. The molecular weight excluding hydrogens is 478 g/mol. The van der Waals surface area contributed by atoms with Crippen molar-refractivity contribution in [2.75, 3.05) is 23.7 Å². The number of piperidine rings is 1. The largest absolute Gasteiger partial charge is 0.385 e. The number of nitrogens with zero attached hydrogens (tertiary/aromatic N) is 1. The van der Waals surface area contributed by atoms with Crippen LogP contribution in [-0.2, 0) is 21.9 Å². The number of benzene rings is 2. The predicted octanol–water partition coefficient (Wildman–Crippen LogP) is 6.78. The van der Waals surface area contributed by atoms with Gasteiger partial charge in [-0.05, 0) is 94.2 Å². The Morgan fingerprint density at radius 3 is 2.14 bits per heavy atom. The fourth-order valence-electron chi connectivity index (χ4n) is 4.69. The van der Waals surface area contributed by atoms with E-state index in [1.807, 2.05) is 24.3 Å². The highest BCUT2D eigenvalue weighted by Crippen LogP contribution is 2.35. The van der Waals surface area contributed by atoms with Gasteiger partial charge in [0.05, 0.1) is 16.1 Å². The van der Waals surface area contributed by atoms with Crippen LogP contribution in [-0.4, -0.2) is 37.1 Å². The topological polar surface area (TPSA) is 57.6 Å². The molecule has 0 saturated carbocycles. The molecule has 1 heterocycles. The van der Waals surface area contributed by atoms with Crippen molar-refractivity contribution in [3.05, 3.63) is 64.7 Å². The zero-order valence-electron chi connectivity index (χ0n) is 21.8. The molecule has 3 rings (SSSR count). The standard InChI is InChI=1S/C29H42ClNO3S/c1-23(17-22-35(33,34)28(2,3)4)7-5-6-8-24-9-15-27(16-10-24)31-20-18-29(32,19-21-31)25-11-13-26(30)14-12-25/h9-16,23,32H,5-8,17-22H2,1-4H3. The SMILES string of the molecule is CC(CCCCc1ccc(N2CCC(O)(c3ccc(Cl)cc3)CC2)cc1)CCS(=O)(=O)C(C)(C)C. The lowest BCUT2D eigenvalue weighted by atomic mass is 9.84. The second-order valence-electron chi connectivity index (χ2n) is 11.3. The second-order valence-corrected chi connectivity index (χ2v) is 14.6. The molecule has 0 radical (unpaired) electrons. The summed E-state index contributed by atoms with van der Waals surface area (Å²) in [5, 5.41) is 11.8. The first kappa shape index (κ1) is 28.0. The van der Waals surface area contributed by atoms with Crippen LogP contribution in [0, 0.1) is 5.92 Å². The molecule has 1 N–H and O–H groups in total. The molecule has 2 aromatic rings. The van der Waals surface area contributed by atoms with Crippen LogP contribution in [0.15, 0.2) is 48.5 Å². The van der Waals surface area contributed by atoms with Gasteiger partial charge in [-0.25, -0.2) is 8.42 Å². The molecule has 6 heteroatoms. The molecule has 1 aliphatic heterocycles. The van der Waals surface area contributed by atoms with Crippen LogP contribution in [0.1, 0.15) is 77.3 Å². The maximum Gasteiger partial charge on any atom is 0.155 e. The fraction of sp³-hybridized carbons (Fsp3) is 0.586. The number of hydrogen-bond acceptors (Lipinski definition) is 4. The van der Waals surface area contributed by atoms with Gasteiger partial charge >= 0.3 is 0 Å². The smallest absolute Gasteiger partial charge is 0.155 e. The molecule has 0 aromatic heterocycles. The minimum atomic E-state index is -3.02. The Morgan fingerprint density at radius 2 is 1.57 bits per heavy atom. The van der Waals surface area contributed by atoms with Crippen LogP contribution in [0.3, 0.4) is 0 Å². The third-order valence-corrected chi connectivity index (χ3v) is 10.4. The summed E-state index contributed by atoms with van der Waals surface area (Å²) in [6, 6.07) is 16.4. The summed E-state index contributed by atoms with van der Waals surface area (Å²) in [6.07, 6.45) is 6.50. The van der Waals surface area contributed by atoms with E-state index in [2.05, 4.69) is 36.1 Å². The monoisotopic (exact) mass is 519 g/mol. The lowest BCUT2D eigenvalue weighted by Gasteiger charge is -2.39. The van der Waals surface area contributed by atoms with Gasteiger partial charge in [-0.15, -0.1) is 0 Å². The molecule has 0 spiro atoms. The lowest BCUT2D eigenvalue weighted by molar-refractivity contribution is 0.0118. The van der Waals surface area contributed by atoms with E-state index >= 15 is 0 Å². The number of aliphatic hydroxyl groups is 1. The zero-order chi connectivity index (χ0) is 25.7. The van der Waals surface area contributed by atoms with Crippen molar-refractivity contribution in [2.24, 2.45) is 5.92 Å². The van der Waals surface area contributed by atoms with E-state index in [-0.39, 0.29) is 5.75 Å². The molecule has 0 amide bonds. The molecule has 1 unspecified atom stereocenters. The number of rotatable bonds is 10. The number of hydrogen-bond donors (Lipinski definition) is 1. The van der Waals surface area contributed by atoms with Crippen LogP contribution in [0.4, 0.5) is 5.69 Å². The van der Waals surface area contributed by atoms with Gasteiger partial charge in [-0.1, -0.05) is 55.6 Å². The van der Waals surface area contributed by atoms with Gasteiger partial charge in [-0.3, -0.25) is 0 Å².